The molecule has 1 aromatic carbocycles. The van der Waals surface area contributed by atoms with Gasteiger partial charge in [-0.15, -0.1) is 0 Å². The summed E-state index contributed by atoms with van der Waals surface area (Å²) >= 11 is 0. The summed E-state index contributed by atoms with van der Waals surface area (Å²) in [5.41, 5.74) is 8.01. The fraction of sp³-hybridized carbons (Fsp3) is 0.686. The molecule has 1 unspecified atom stereocenters. The Morgan fingerprint density at radius 1 is 1.04 bits per heavy atom. The van der Waals surface area contributed by atoms with Crippen LogP contribution in [0.3, 0.4) is 0 Å². The summed E-state index contributed by atoms with van der Waals surface area (Å²) in [4.78, 5) is 37.9. The number of aryl methyl sites for hydroxylation is 1. The standard InChI is InChI=1S/C33H49N7O6S.C2H6/c1-25(8-9-31(42)35-24-41)40-30-7-3-5-27(32(30)36(2)33(40)43)6-4-22-46-29-14-16-37(17-15-29)23-26-10-18-38(19-11-26)47(44,45)39-20-12-28(34)13-21-39;1-2/h3,5,7,24-26,28-29H,8-23,34H2,1-2H3,(H,35,41,42);1-2H3. The number of nitrogens with zero attached hydrogens (tertiary/aromatic N) is 5. The lowest BCUT2D eigenvalue weighted by molar-refractivity contribution is -0.125. The number of likely N-dealkylation sites (tertiary alicyclic amines) is 1. The Kier molecular flexibility index (Phi) is 14.4. The maximum absolute atomic E-state index is 13.1. The Morgan fingerprint density at radius 2 is 1.67 bits per heavy atom. The smallest absolute Gasteiger partial charge is 0.329 e. The summed E-state index contributed by atoms with van der Waals surface area (Å²) in [5, 5.41) is 2.14. The molecule has 14 heteroatoms. The number of carbonyl (C=O) groups is 2. The summed E-state index contributed by atoms with van der Waals surface area (Å²) in [5.74, 6) is 6.46. The number of fused-ring (bicyclic) bond motifs is 1. The van der Waals surface area contributed by atoms with Gasteiger partial charge in [0.25, 0.3) is 10.2 Å². The first-order valence-corrected chi connectivity index (χ1v) is 19.2. The number of aromatic nitrogens is 2. The second-order valence-corrected chi connectivity index (χ2v) is 15.1. The molecule has 2 amide bonds. The lowest BCUT2D eigenvalue weighted by atomic mass is 9.96. The van der Waals surface area contributed by atoms with Crippen molar-refractivity contribution in [2.45, 2.75) is 90.3 Å². The summed E-state index contributed by atoms with van der Waals surface area (Å²) in [7, 11) is -1.67. The van der Waals surface area contributed by atoms with Crippen molar-refractivity contribution in [2.75, 3.05) is 52.4 Å². The van der Waals surface area contributed by atoms with Crippen LogP contribution < -0.4 is 16.7 Å². The number of nitrogens with two attached hydrogens (primary N) is 1. The van der Waals surface area contributed by atoms with E-state index in [1.165, 1.54) is 0 Å². The van der Waals surface area contributed by atoms with Crippen LogP contribution in [0.15, 0.2) is 23.0 Å². The van der Waals surface area contributed by atoms with Gasteiger partial charge in [0.15, 0.2) is 0 Å². The van der Waals surface area contributed by atoms with Crippen LogP contribution in [0.1, 0.15) is 83.7 Å². The normalized spacial score (nSPS) is 19.9. The monoisotopic (exact) mass is 701 g/mol. The third-order valence-corrected chi connectivity index (χ3v) is 12.0. The highest BCUT2D eigenvalue weighted by Crippen LogP contribution is 2.26. The number of hydrogen-bond acceptors (Lipinski definition) is 8. The van der Waals surface area contributed by atoms with Gasteiger partial charge in [-0.25, -0.2) is 4.79 Å². The van der Waals surface area contributed by atoms with Crippen LogP contribution in [-0.2, 0) is 31.6 Å². The van der Waals surface area contributed by atoms with Crippen molar-refractivity contribution in [1.82, 2.24) is 28.0 Å². The highest BCUT2D eigenvalue weighted by Gasteiger charge is 2.35. The van der Waals surface area contributed by atoms with Crippen molar-refractivity contribution >= 4 is 33.6 Å². The summed E-state index contributed by atoms with van der Waals surface area (Å²) in [6.45, 7) is 11.3. The molecule has 3 fully saturated rings. The Balaban J connectivity index is 0.00000265. The molecular formula is C35H55N7O6S. The minimum atomic E-state index is -3.39. The van der Waals surface area contributed by atoms with Crippen molar-refractivity contribution in [1.29, 1.82) is 0 Å². The zero-order valence-electron chi connectivity index (χ0n) is 29.6. The lowest BCUT2D eigenvalue weighted by Gasteiger charge is -2.39. The fourth-order valence-corrected chi connectivity index (χ4v) is 8.75. The minimum absolute atomic E-state index is 0.105. The van der Waals surface area contributed by atoms with Gasteiger partial charge in [-0.1, -0.05) is 31.8 Å². The molecule has 0 saturated carbocycles. The number of amides is 2. The number of imidazole rings is 1. The Bertz CT molecular complexity index is 1620. The van der Waals surface area contributed by atoms with E-state index in [2.05, 4.69) is 22.1 Å². The van der Waals surface area contributed by atoms with Crippen molar-refractivity contribution in [3.63, 3.8) is 0 Å². The zero-order chi connectivity index (χ0) is 35.6. The van der Waals surface area contributed by atoms with Crippen LogP contribution in [0.25, 0.3) is 11.0 Å². The number of piperidine rings is 3. The number of rotatable bonds is 11. The van der Waals surface area contributed by atoms with Gasteiger partial charge in [-0.3, -0.25) is 24.0 Å². The molecule has 13 nitrogen and oxygen atoms in total. The van der Waals surface area contributed by atoms with Gasteiger partial charge in [-0.2, -0.15) is 17.0 Å². The molecule has 0 bridgehead atoms. The molecule has 3 N–H and O–H groups in total. The van der Waals surface area contributed by atoms with E-state index in [0.29, 0.717) is 51.5 Å². The predicted octanol–water partition coefficient (Wildman–Crippen LogP) is 2.19. The van der Waals surface area contributed by atoms with Gasteiger partial charge in [0.2, 0.25) is 12.3 Å². The van der Waals surface area contributed by atoms with Gasteiger partial charge in [-0.05, 0) is 69.9 Å². The molecule has 1 aromatic heterocycles. The third kappa shape index (κ3) is 9.80. The van der Waals surface area contributed by atoms with E-state index in [9.17, 15) is 22.8 Å². The quantitative estimate of drug-likeness (QED) is 0.267. The molecule has 3 aliphatic rings. The molecule has 3 aliphatic heterocycles. The lowest BCUT2D eigenvalue weighted by Crippen LogP contribution is -2.51. The predicted molar refractivity (Wildman–Crippen MR) is 191 cm³/mol. The van der Waals surface area contributed by atoms with Crippen LogP contribution in [0, 0.1) is 17.8 Å². The minimum Gasteiger partial charge on any atom is -0.365 e. The number of nitrogens with one attached hydrogen (secondary N) is 1. The van der Waals surface area contributed by atoms with Gasteiger partial charge in [0.1, 0.15) is 6.61 Å². The number of imide groups is 1. The molecular weight excluding hydrogens is 646 g/mol. The van der Waals surface area contributed by atoms with Crippen LogP contribution in [-0.4, -0.2) is 108 Å². The van der Waals surface area contributed by atoms with Crippen LogP contribution in [0.2, 0.25) is 0 Å². The van der Waals surface area contributed by atoms with Crippen molar-refractivity contribution in [3.05, 3.63) is 34.2 Å². The highest BCUT2D eigenvalue weighted by molar-refractivity contribution is 7.86. The fourth-order valence-electron chi connectivity index (χ4n) is 7.08. The van der Waals surface area contributed by atoms with E-state index in [0.717, 1.165) is 74.8 Å². The molecule has 0 aliphatic carbocycles. The van der Waals surface area contributed by atoms with Crippen molar-refractivity contribution in [2.24, 2.45) is 18.7 Å². The summed E-state index contributed by atoms with van der Waals surface area (Å²) in [6.07, 6.45) is 6.16. The van der Waals surface area contributed by atoms with E-state index in [1.54, 1.807) is 24.8 Å². The molecule has 272 valence electrons. The zero-order valence-corrected chi connectivity index (χ0v) is 30.4. The van der Waals surface area contributed by atoms with Gasteiger partial charge < -0.3 is 15.4 Å². The first-order valence-electron chi connectivity index (χ1n) is 17.8. The van der Waals surface area contributed by atoms with E-state index in [1.807, 2.05) is 39.0 Å². The summed E-state index contributed by atoms with van der Waals surface area (Å²) in [6, 6.07) is 5.51. The van der Waals surface area contributed by atoms with Crippen molar-refractivity contribution < 1.29 is 22.7 Å². The molecule has 5 rings (SSSR count). The molecule has 0 spiro atoms. The van der Waals surface area contributed by atoms with Crippen LogP contribution in [0.4, 0.5) is 0 Å². The number of hydrogen-bond donors (Lipinski definition) is 2. The molecule has 0 radical (unpaired) electrons. The maximum Gasteiger partial charge on any atom is 0.329 e. The first kappa shape index (κ1) is 38.7. The Morgan fingerprint density at radius 3 is 2.31 bits per heavy atom. The number of ether oxygens (including phenoxy) is 1. The van der Waals surface area contributed by atoms with Gasteiger partial charge in [0, 0.05) is 71.4 Å². The van der Waals surface area contributed by atoms with Crippen LogP contribution in [0.5, 0.6) is 0 Å². The van der Waals surface area contributed by atoms with Gasteiger partial charge in [0.05, 0.1) is 22.7 Å². The first-order chi connectivity index (χ1) is 23.6. The second-order valence-electron chi connectivity index (χ2n) is 13.2. The topological polar surface area (TPSA) is 152 Å². The number of para-hydroxylation sites is 1. The largest absolute Gasteiger partial charge is 0.365 e. The van der Waals surface area contributed by atoms with E-state index >= 15 is 0 Å². The van der Waals surface area contributed by atoms with Gasteiger partial charge >= 0.3 is 5.69 Å². The van der Waals surface area contributed by atoms with E-state index in [4.69, 9.17) is 10.5 Å². The van der Waals surface area contributed by atoms with E-state index < -0.39 is 10.2 Å². The molecule has 4 heterocycles. The SMILES string of the molecule is CC.CC(CCC(=O)NC=O)n1c(=O)n(C)c2c(C#CCOC3CCN(CC4CCN(S(=O)(=O)N5CCC(N)CC5)CC4)CC3)cccc21. The Labute approximate surface area is 291 Å². The molecule has 2 aromatic rings. The number of benzene rings is 1. The Hall–Kier alpha value is -3.06. The number of carbonyl (C=O) groups excluding carboxylic acids is 2. The van der Waals surface area contributed by atoms with Crippen molar-refractivity contribution in [3.8, 4) is 11.8 Å². The van der Waals surface area contributed by atoms with Crippen LogP contribution >= 0.6 is 0 Å². The maximum atomic E-state index is 13.1. The highest BCUT2D eigenvalue weighted by atomic mass is 32.2. The molecule has 49 heavy (non-hydrogen) atoms. The third-order valence-electron chi connectivity index (χ3n) is 9.94. The average molecular weight is 702 g/mol. The molecule has 3 saturated heterocycles. The molecule has 1 atom stereocenters. The van der Waals surface area contributed by atoms with E-state index in [-0.39, 0.29) is 36.2 Å². The average Bonchev–Trinajstić information content (AvgIpc) is 3.37. The summed E-state index contributed by atoms with van der Waals surface area (Å²) < 4.78 is 38.8. The second kappa shape index (κ2) is 18.3.